The van der Waals surface area contributed by atoms with E-state index in [-0.39, 0.29) is 11.4 Å². The van der Waals surface area contributed by atoms with Gasteiger partial charge in [-0.05, 0) is 47.4 Å². The zero-order valence-corrected chi connectivity index (χ0v) is 13.4. The quantitative estimate of drug-likeness (QED) is 0.827. The van der Waals surface area contributed by atoms with E-state index in [0.29, 0.717) is 18.2 Å². The molecule has 2 aromatic rings. The zero-order valence-electron chi connectivity index (χ0n) is 11.1. The summed E-state index contributed by atoms with van der Waals surface area (Å²) in [5, 5.41) is 3.38. The summed E-state index contributed by atoms with van der Waals surface area (Å²) in [7, 11) is 0. The fraction of sp³-hybridized carbons (Fsp3) is 0.308. The van der Waals surface area contributed by atoms with Crippen LogP contribution in [-0.4, -0.2) is 21.1 Å². The number of nitrogens with zero attached hydrogens (tertiary/aromatic N) is 3. The number of ether oxygens (including phenoxy) is 1. The van der Waals surface area contributed by atoms with Crippen LogP contribution in [0, 0.1) is 0 Å². The summed E-state index contributed by atoms with van der Waals surface area (Å²) in [6.07, 6.45) is 3.38. The Bertz CT molecular complexity index is 594. The summed E-state index contributed by atoms with van der Waals surface area (Å²) in [6, 6.07) is 3.82. The molecule has 0 aromatic carbocycles. The largest absolute Gasteiger partial charge is 0.475 e. The van der Waals surface area contributed by atoms with E-state index >= 15 is 0 Å². The van der Waals surface area contributed by atoms with Crippen molar-refractivity contribution in [3.63, 3.8) is 0 Å². The third-order valence-electron chi connectivity index (χ3n) is 2.36. The van der Waals surface area contributed by atoms with E-state index in [9.17, 15) is 0 Å². The summed E-state index contributed by atoms with van der Waals surface area (Å²) in [6.45, 7) is 4.46. The predicted molar refractivity (Wildman–Crippen MR) is 82.1 cm³/mol. The Hall–Kier alpha value is -1.40. The van der Waals surface area contributed by atoms with E-state index in [2.05, 4.69) is 36.2 Å². The topological polar surface area (TPSA) is 59.9 Å². The lowest BCUT2D eigenvalue weighted by Gasteiger charge is -2.13. The highest BCUT2D eigenvalue weighted by Crippen LogP contribution is 2.22. The van der Waals surface area contributed by atoms with Crippen LogP contribution in [0.1, 0.15) is 19.4 Å². The van der Waals surface area contributed by atoms with Crippen molar-refractivity contribution in [1.82, 2.24) is 15.0 Å². The van der Waals surface area contributed by atoms with Crippen LogP contribution in [0.2, 0.25) is 5.28 Å². The van der Waals surface area contributed by atoms with Crippen LogP contribution in [0.3, 0.4) is 0 Å². The van der Waals surface area contributed by atoms with Gasteiger partial charge < -0.3 is 10.1 Å². The van der Waals surface area contributed by atoms with Gasteiger partial charge in [-0.15, -0.1) is 0 Å². The number of nitrogens with one attached hydrogen (secondary N) is 1. The van der Waals surface area contributed by atoms with Crippen LogP contribution < -0.4 is 10.1 Å². The lowest BCUT2D eigenvalue weighted by Crippen LogP contribution is -2.11. The SMILES string of the molecule is CC(C)Oc1ncccc1CNc1nc(Cl)ncc1Br. The molecule has 0 aliphatic heterocycles. The van der Waals surface area contributed by atoms with Crippen LogP contribution in [-0.2, 0) is 6.54 Å². The third kappa shape index (κ3) is 4.05. The molecule has 0 bridgehead atoms. The molecule has 0 saturated heterocycles. The van der Waals surface area contributed by atoms with Crippen LogP contribution in [0.25, 0.3) is 0 Å². The van der Waals surface area contributed by atoms with Crippen LogP contribution in [0.4, 0.5) is 5.82 Å². The maximum Gasteiger partial charge on any atom is 0.224 e. The fourth-order valence-electron chi connectivity index (χ4n) is 1.54. The van der Waals surface area contributed by atoms with Crippen LogP contribution in [0.15, 0.2) is 29.0 Å². The highest BCUT2D eigenvalue weighted by molar-refractivity contribution is 9.10. The second-order valence-electron chi connectivity index (χ2n) is 4.32. The van der Waals surface area contributed by atoms with E-state index in [1.54, 1.807) is 12.4 Å². The van der Waals surface area contributed by atoms with Crippen molar-refractivity contribution < 1.29 is 4.74 Å². The molecule has 0 radical (unpaired) electrons. The molecular weight excluding hydrogens is 344 g/mol. The molecule has 20 heavy (non-hydrogen) atoms. The van der Waals surface area contributed by atoms with Gasteiger partial charge in [0.25, 0.3) is 0 Å². The van der Waals surface area contributed by atoms with Crippen molar-refractivity contribution >= 4 is 33.3 Å². The Kier molecular flexibility index (Phi) is 5.14. The molecule has 0 aliphatic carbocycles. The Morgan fingerprint density at radius 1 is 1.40 bits per heavy atom. The monoisotopic (exact) mass is 356 g/mol. The van der Waals surface area contributed by atoms with Crippen molar-refractivity contribution in [3.8, 4) is 5.88 Å². The third-order valence-corrected chi connectivity index (χ3v) is 3.12. The van der Waals surface area contributed by atoms with Crippen molar-refractivity contribution in [2.75, 3.05) is 5.32 Å². The Morgan fingerprint density at radius 2 is 2.20 bits per heavy atom. The van der Waals surface area contributed by atoms with Crippen molar-refractivity contribution in [2.24, 2.45) is 0 Å². The number of aromatic nitrogens is 3. The Balaban J connectivity index is 2.12. The van der Waals surface area contributed by atoms with E-state index in [1.807, 2.05) is 26.0 Å². The zero-order chi connectivity index (χ0) is 14.5. The van der Waals surface area contributed by atoms with E-state index in [4.69, 9.17) is 16.3 Å². The van der Waals surface area contributed by atoms with Gasteiger partial charge in [-0.3, -0.25) is 0 Å². The normalized spacial score (nSPS) is 10.7. The Labute approximate surface area is 130 Å². The molecule has 7 heteroatoms. The van der Waals surface area contributed by atoms with Crippen molar-refractivity contribution in [1.29, 1.82) is 0 Å². The summed E-state index contributed by atoms with van der Waals surface area (Å²) in [5.74, 6) is 1.25. The minimum absolute atomic E-state index is 0.0730. The van der Waals surface area contributed by atoms with E-state index < -0.39 is 0 Å². The average Bonchev–Trinajstić information content (AvgIpc) is 2.41. The highest BCUT2D eigenvalue weighted by atomic mass is 79.9. The summed E-state index contributed by atoms with van der Waals surface area (Å²) in [4.78, 5) is 12.2. The summed E-state index contributed by atoms with van der Waals surface area (Å²) >= 11 is 9.15. The maximum absolute atomic E-state index is 5.78. The minimum Gasteiger partial charge on any atom is -0.475 e. The molecule has 2 rings (SSSR count). The number of pyridine rings is 1. The lowest BCUT2D eigenvalue weighted by molar-refractivity contribution is 0.230. The molecule has 0 atom stereocenters. The fourth-order valence-corrected chi connectivity index (χ4v) is 2.00. The molecule has 0 fully saturated rings. The summed E-state index contributed by atoms with van der Waals surface area (Å²) in [5.41, 5.74) is 0.947. The van der Waals surface area contributed by atoms with Gasteiger partial charge >= 0.3 is 0 Å². The number of anilines is 1. The first-order chi connectivity index (χ1) is 9.56. The first kappa shape index (κ1) is 15.0. The average molecular weight is 358 g/mol. The van der Waals surface area contributed by atoms with Gasteiger partial charge in [-0.1, -0.05) is 6.07 Å². The van der Waals surface area contributed by atoms with E-state index in [1.165, 1.54) is 0 Å². The second kappa shape index (κ2) is 6.85. The number of halogens is 2. The standard InChI is InChI=1S/C13H14BrClN4O/c1-8(2)20-12-9(4-3-5-16-12)6-17-11-10(14)7-18-13(15)19-11/h3-5,7-8H,6H2,1-2H3,(H,17,18,19). The molecule has 0 saturated carbocycles. The van der Waals surface area contributed by atoms with Crippen molar-refractivity contribution in [3.05, 3.63) is 39.8 Å². The molecule has 0 spiro atoms. The number of hydrogen-bond acceptors (Lipinski definition) is 5. The molecule has 0 amide bonds. The van der Waals surface area contributed by atoms with E-state index in [0.717, 1.165) is 10.0 Å². The lowest BCUT2D eigenvalue weighted by atomic mass is 10.2. The first-order valence-electron chi connectivity index (χ1n) is 6.08. The first-order valence-corrected chi connectivity index (χ1v) is 7.26. The van der Waals surface area contributed by atoms with Crippen LogP contribution >= 0.6 is 27.5 Å². The van der Waals surface area contributed by atoms with Gasteiger partial charge in [0.05, 0.1) is 10.6 Å². The molecular formula is C13H14BrClN4O. The van der Waals surface area contributed by atoms with Crippen LogP contribution in [0.5, 0.6) is 5.88 Å². The minimum atomic E-state index is 0.0730. The second-order valence-corrected chi connectivity index (χ2v) is 5.52. The van der Waals surface area contributed by atoms with Gasteiger partial charge in [0.15, 0.2) is 0 Å². The van der Waals surface area contributed by atoms with Gasteiger partial charge in [0.1, 0.15) is 5.82 Å². The highest BCUT2D eigenvalue weighted by Gasteiger charge is 2.08. The van der Waals surface area contributed by atoms with Gasteiger partial charge in [0.2, 0.25) is 11.2 Å². The van der Waals surface area contributed by atoms with Gasteiger partial charge in [-0.2, -0.15) is 4.98 Å². The van der Waals surface area contributed by atoms with Crippen molar-refractivity contribution in [2.45, 2.75) is 26.5 Å². The Morgan fingerprint density at radius 3 is 2.95 bits per heavy atom. The number of rotatable bonds is 5. The molecule has 0 aliphatic rings. The smallest absolute Gasteiger partial charge is 0.224 e. The molecule has 5 nitrogen and oxygen atoms in total. The maximum atomic E-state index is 5.78. The van der Waals surface area contributed by atoms with Gasteiger partial charge in [0, 0.05) is 24.5 Å². The molecule has 1 N–H and O–H groups in total. The summed E-state index contributed by atoms with van der Waals surface area (Å²) < 4.78 is 6.41. The molecule has 0 unspecified atom stereocenters. The molecule has 106 valence electrons. The molecule has 2 heterocycles. The van der Waals surface area contributed by atoms with Gasteiger partial charge in [-0.25, -0.2) is 9.97 Å². The number of hydrogen-bond donors (Lipinski definition) is 1. The predicted octanol–water partition coefficient (Wildman–Crippen LogP) is 3.69. The molecule has 2 aromatic heterocycles.